The largest absolute Gasteiger partial charge is 0.0713 e. The van der Waals surface area contributed by atoms with Gasteiger partial charge in [0.05, 0.1) is 5.41 Å². The lowest BCUT2D eigenvalue weighted by atomic mass is 9.59. The molecule has 0 aromatic heterocycles. The van der Waals surface area contributed by atoms with E-state index in [9.17, 15) is 0 Å². The van der Waals surface area contributed by atoms with Crippen LogP contribution in [-0.4, -0.2) is 0 Å². The van der Waals surface area contributed by atoms with Crippen molar-refractivity contribution in [3.8, 4) is 11.1 Å². The Bertz CT molecular complexity index is 2160. The van der Waals surface area contributed by atoms with Gasteiger partial charge < -0.3 is 0 Å². The number of fused-ring (bicyclic) bond motifs is 3. The Hall–Kier alpha value is -5.46. The van der Waals surface area contributed by atoms with Crippen LogP contribution < -0.4 is 0 Å². The Morgan fingerprint density at radius 2 is 0.673 bits per heavy atom. The summed E-state index contributed by atoms with van der Waals surface area (Å²) in [7, 11) is 0. The molecule has 0 heterocycles. The maximum atomic E-state index is 2.33. The van der Waals surface area contributed by atoms with Gasteiger partial charge in [0.25, 0.3) is 0 Å². The van der Waals surface area contributed by atoms with Crippen LogP contribution in [0.2, 0.25) is 0 Å². The third-order valence-corrected chi connectivity index (χ3v) is 11.5. The Kier molecular flexibility index (Phi) is 6.85. The minimum Gasteiger partial charge on any atom is -0.0619 e. The van der Waals surface area contributed by atoms with Crippen LogP contribution >= 0.6 is 0 Å². The molecule has 0 fully saturated rings. The molecule has 0 saturated carbocycles. The summed E-state index contributed by atoms with van der Waals surface area (Å²) in [5.74, 6) is 0.819. The zero-order valence-corrected chi connectivity index (χ0v) is 28.7. The van der Waals surface area contributed by atoms with Gasteiger partial charge in [-0.15, -0.1) is 0 Å². The molecule has 0 nitrogen and oxygen atoms in total. The van der Waals surface area contributed by atoms with Gasteiger partial charge in [0.2, 0.25) is 0 Å². The fourth-order valence-electron chi connectivity index (χ4n) is 9.28. The summed E-state index contributed by atoms with van der Waals surface area (Å²) < 4.78 is 0. The van der Waals surface area contributed by atoms with Crippen LogP contribution in [0.1, 0.15) is 89.7 Å². The molecule has 0 heteroatoms. The predicted octanol–water partition coefficient (Wildman–Crippen LogP) is 12.0. The van der Waals surface area contributed by atoms with Gasteiger partial charge in [-0.3, -0.25) is 0 Å². The molecule has 236 valence electrons. The van der Waals surface area contributed by atoms with E-state index in [1.807, 2.05) is 0 Å². The molecule has 0 N–H and O–H groups in total. The second-order valence-electron chi connectivity index (χ2n) is 14.2. The summed E-state index contributed by atoms with van der Waals surface area (Å²) >= 11 is 0. The van der Waals surface area contributed by atoms with E-state index in [0.717, 1.165) is 0 Å². The van der Waals surface area contributed by atoms with Crippen LogP contribution in [0.5, 0.6) is 0 Å². The van der Waals surface area contributed by atoms with Crippen molar-refractivity contribution in [2.24, 2.45) is 0 Å². The SMILES string of the molecule is Cc1ccc(C)c2c1C1c3ccccc3C2c2ccccc21.Cc1ccc(C2(c3ccc(C)cc3)c3ccccc3-c3ccccc32)cc1. The molecule has 0 amide bonds. The molecule has 0 saturated heterocycles. The van der Waals surface area contributed by atoms with Crippen molar-refractivity contribution in [3.05, 3.63) is 236 Å². The van der Waals surface area contributed by atoms with Crippen molar-refractivity contribution >= 4 is 0 Å². The number of rotatable bonds is 2. The summed E-state index contributed by atoms with van der Waals surface area (Å²) in [5, 5.41) is 0. The van der Waals surface area contributed by atoms with Gasteiger partial charge >= 0.3 is 0 Å². The quantitative estimate of drug-likeness (QED) is 0.179. The molecule has 0 radical (unpaired) electrons. The van der Waals surface area contributed by atoms with Crippen molar-refractivity contribution in [3.63, 3.8) is 0 Å². The molecule has 49 heavy (non-hydrogen) atoms. The summed E-state index contributed by atoms with van der Waals surface area (Å²) in [6.07, 6.45) is 0. The van der Waals surface area contributed by atoms with E-state index in [2.05, 4.69) is 185 Å². The molecule has 2 bridgehead atoms. The number of hydrogen-bond donors (Lipinski definition) is 0. The summed E-state index contributed by atoms with van der Waals surface area (Å²) in [6, 6.07) is 58.5. The first-order valence-corrected chi connectivity index (χ1v) is 17.6. The first-order valence-electron chi connectivity index (χ1n) is 17.6. The van der Waals surface area contributed by atoms with E-state index in [-0.39, 0.29) is 5.41 Å². The third kappa shape index (κ3) is 4.30. The minimum absolute atomic E-state index is 0.269. The lowest BCUT2D eigenvalue weighted by Crippen LogP contribution is -2.29. The van der Waals surface area contributed by atoms with Crippen LogP contribution in [-0.2, 0) is 5.41 Å². The van der Waals surface area contributed by atoms with Crippen molar-refractivity contribution < 1.29 is 0 Å². The van der Waals surface area contributed by atoms with Gasteiger partial charge in [-0.1, -0.05) is 169 Å². The Morgan fingerprint density at radius 1 is 0.347 bits per heavy atom. The average Bonchev–Trinajstić information content (AvgIpc) is 3.45. The van der Waals surface area contributed by atoms with E-state index >= 15 is 0 Å². The fraction of sp³-hybridized carbons (Fsp3) is 0.143. The van der Waals surface area contributed by atoms with E-state index in [1.165, 1.54) is 77.9 Å². The number of hydrogen-bond acceptors (Lipinski definition) is 0. The van der Waals surface area contributed by atoms with Crippen LogP contribution in [0.4, 0.5) is 0 Å². The first kappa shape index (κ1) is 29.7. The van der Waals surface area contributed by atoms with E-state index in [1.54, 1.807) is 11.1 Å². The van der Waals surface area contributed by atoms with Gasteiger partial charge in [0.15, 0.2) is 0 Å². The second-order valence-corrected chi connectivity index (χ2v) is 14.2. The maximum absolute atomic E-state index is 2.33. The van der Waals surface area contributed by atoms with Gasteiger partial charge in [-0.05, 0) is 106 Å². The standard InChI is InChI=1S/C27H22.C22H18/c1-19-11-15-21(16-12-19)27(22-17-13-20(2)14-18-22)25-9-5-3-7-23(25)24-8-4-6-10-26(24)27;1-13-11-12-14(2)20-19(13)21-15-7-3-5-9-17(15)22(20)18-10-6-4-8-16(18)21/h3-18H,1-2H3;3-12,21-22H,1-2H3. The number of aryl methyl sites for hydroxylation is 4. The van der Waals surface area contributed by atoms with Crippen LogP contribution in [0, 0.1) is 27.7 Å². The fourth-order valence-corrected chi connectivity index (χ4v) is 9.28. The highest BCUT2D eigenvalue weighted by Crippen LogP contribution is 2.58. The molecular formula is C49H40. The highest BCUT2D eigenvalue weighted by atomic mass is 14.5. The number of benzene rings is 7. The summed E-state index contributed by atoms with van der Waals surface area (Å²) in [4.78, 5) is 0. The molecule has 0 unspecified atom stereocenters. The zero-order chi connectivity index (χ0) is 33.3. The molecule has 11 rings (SSSR count). The van der Waals surface area contributed by atoms with Crippen molar-refractivity contribution in [2.75, 3.05) is 0 Å². The molecule has 0 spiro atoms. The van der Waals surface area contributed by atoms with Gasteiger partial charge in [0.1, 0.15) is 0 Å². The Balaban J connectivity index is 0.000000135. The monoisotopic (exact) mass is 628 g/mol. The Labute approximate surface area is 290 Å². The van der Waals surface area contributed by atoms with E-state index < -0.39 is 0 Å². The van der Waals surface area contributed by atoms with Crippen LogP contribution in [0.25, 0.3) is 11.1 Å². The molecule has 7 aromatic carbocycles. The summed E-state index contributed by atoms with van der Waals surface area (Å²) in [5.41, 5.74) is 22.4. The second kappa shape index (κ2) is 11.3. The smallest absolute Gasteiger partial charge is 0.0619 e. The van der Waals surface area contributed by atoms with Crippen molar-refractivity contribution in [1.29, 1.82) is 0 Å². The molecule has 7 aromatic rings. The van der Waals surface area contributed by atoms with Gasteiger partial charge in [-0.25, -0.2) is 0 Å². The summed E-state index contributed by atoms with van der Waals surface area (Å²) in [6.45, 7) is 8.84. The van der Waals surface area contributed by atoms with E-state index in [0.29, 0.717) is 11.8 Å². The van der Waals surface area contributed by atoms with Gasteiger partial charge in [0, 0.05) is 11.8 Å². The van der Waals surface area contributed by atoms with Crippen molar-refractivity contribution in [2.45, 2.75) is 44.9 Å². The zero-order valence-electron chi connectivity index (χ0n) is 28.7. The van der Waals surface area contributed by atoms with Gasteiger partial charge in [-0.2, -0.15) is 0 Å². The highest BCUT2D eigenvalue weighted by Gasteiger charge is 2.46. The normalized spacial score (nSPS) is 16.7. The average molecular weight is 629 g/mol. The predicted molar refractivity (Wildman–Crippen MR) is 204 cm³/mol. The lowest BCUT2D eigenvalue weighted by Gasteiger charge is -2.43. The first-order chi connectivity index (χ1) is 24.0. The van der Waals surface area contributed by atoms with Crippen LogP contribution in [0.15, 0.2) is 158 Å². The minimum atomic E-state index is -0.269. The third-order valence-electron chi connectivity index (χ3n) is 11.5. The molecule has 0 aliphatic heterocycles. The lowest BCUT2D eigenvalue weighted by molar-refractivity contribution is 0.743. The maximum Gasteiger partial charge on any atom is 0.0713 e. The topological polar surface area (TPSA) is 0 Å². The van der Waals surface area contributed by atoms with Crippen LogP contribution in [0.3, 0.4) is 0 Å². The molecule has 0 atom stereocenters. The molecule has 4 aliphatic rings. The molecule has 4 aliphatic carbocycles. The molecular weight excluding hydrogens is 589 g/mol. The van der Waals surface area contributed by atoms with E-state index in [4.69, 9.17) is 0 Å². The highest BCUT2D eigenvalue weighted by molar-refractivity contribution is 5.86. The van der Waals surface area contributed by atoms with Crippen molar-refractivity contribution in [1.82, 2.24) is 0 Å². The Morgan fingerprint density at radius 3 is 1.04 bits per heavy atom.